The van der Waals surface area contributed by atoms with Crippen LogP contribution in [-0.4, -0.2) is 30.7 Å². The van der Waals surface area contributed by atoms with Gasteiger partial charge in [-0.1, -0.05) is 24.3 Å². The van der Waals surface area contributed by atoms with E-state index in [1.54, 1.807) is 14.2 Å². The molecule has 2 N–H and O–H groups in total. The Hall–Kier alpha value is -3.28. The Morgan fingerprint density at radius 1 is 0.889 bits per heavy atom. The molecular weight excluding hydrogens is 340 g/mol. The first-order chi connectivity index (χ1) is 13.2. The number of hydrogen-bond acceptors (Lipinski definition) is 6. The third kappa shape index (κ3) is 5.10. The van der Waals surface area contributed by atoms with Gasteiger partial charge in [0.25, 0.3) is 0 Å². The highest BCUT2D eigenvalue weighted by molar-refractivity contribution is 5.65. The van der Waals surface area contributed by atoms with Crippen molar-refractivity contribution in [3.63, 3.8) is 0 Å². The molecule has 0 atom stereocenters. The van der Waals surface area contributed by atoms with Crippen molar-refractivity contribution in [3.8, 4) is 11.5 Å². The second-order valence-corrected chi connectivity index (χ2v) is 6.04. The zero-order valence-electron chi connectivity index (χ0n) is 15.8. The zero-order valence-corrected chi connectivity index (χ0v) is 15.8. The van der Waals surface area contributed by atoms with Crippen molar-refractivity contribution in [3.05, 3.63) is 66.0 Å². The summed E-state index contributed by atoms with van der Waals surface area (Å²) >= 11 is 0. The fraction of sp³-hybridized carbons (Fsp3) is 0.238. The number of benzene rings is 2. The van der Waals surface area contributed by atoms with Crippen LogP contribution in [0.25, 0.3) is 0 Å². The summed E-state index contributed by atoms with van der Waals surface area (Å²) < 4.78 is 10.6. The second kappa shape index (κ2) is 8.89. The average Bonchev–Trinajstić information content (AvgIpc) is 2.68. The van der Waals surface area contributed by atoms with Crippen molar-refractivity contribution in [2.75, 3.05) is 31.4 Å². The molecule has 2 aromatic carbocycles. The molecule has 0 radical (unpaired) electrons. The van der Waals surface area contributed by atoms with Crippen molar-refractivity contribution in [1.29, 1.82) is 0 Å². The zero-order chi connectivity index (χ0) is 19.1. The van der Waals surface area contributed by atoms with Crippen LogP contribution < -0.4 is 20.1 Å². The molecule has 0 aliphatic rings. The lowest BCUT2D eigenvalue weighted by Crippen LogP contribution is -2.08. The fourth-order valence-corrected chi connectivity index (χ4v) is 2.77. The van der Waals surface area contributed by atoms with Gasteiger partial charge >= 0.3 is 0 Å². The number of methoxy groups -OCH3 is 2. The van der Waals surface area contributed by atoms with Crippen LogP contribution in [0.15, 0.2) is 54.6 Å². The molecule has 0 saturated heterocycles. The van der Waals surface area contributed by atoms with Crippen LogP contribution in [0.3, 0.4) is 0 Å². The molecule has 3 rings (SSSR count). The average molecular weight is 364 g/mol. The molecule has 0 aliphatic carbocycles. The SMILES string of the molecule is COc1cccc(CCNc2cc(Nc3ccccc3OC)nc(C)n2)c1. The number of ether oxygens (including phenoxy) is 2. The first kappa shape index (κ1) is 18.5. The molecule has 0 bridgehead atoms. The molecule has 0 saturated carbocycles. The molecular formula is C21H24N4O2. The molecule has 6 heteroatoms. The number of anilines is 3. The van der Waals surface area contributed by atoms with Crippen LogP contribution in [0, 0.1) is 6.92 Å². The van der Waals surface area contributed by atoms with Gasteiger partial charge in [-0.15, -0.1) is 0 Å². The summed E-state index contributed by atoms with van der Waals surface area (Å²) in [6, 6.07) is 17.7. The number of para-hydroxylation sites is 2. The van der Waals surface area contributed by atoms with E-state index in [4.69, 9.17) is 9.47 Å². The van der Waals surface area contributed by atoms with Crippen LogP contribution >= 0.6 is 0 Å². The van der Waals surface area contributed by atoms with Crippen LogP contribution in [0.1, 0.15) is 11.4 Å². The van der Waals surface area contributed by atoms with Gasteiger partial charge in [-0.05, 0) is 43.2 Å². The lowest BCUT2D eigenvalue weighted by atomic mass is 10.1. The lowest BCUT2D eigenvalue weighted by Gasteiger charge is -2.12. The van der Waals surface area contributed by atoms with Crippen LogP contribution in [0.4, 0.5) is 17.3 Å². The molecule has 3 aromatic rings. The molecule has 0 aliphatic heterocycles. The quantitative estimate of drug-likeness (QED) is 0.624. The summed E-state index contributed by atoms with van der Waals surface area (Å²) in [7, 11) is 3.33. The van der Waals surface area contributed by atoms with Gasteiger partial charge in [-0.2, -0.15) is 0 Å². The van der Waals surface area contributed by atoms with E-state index in [1.807, 2.05) is 55.5 Å². The van der Waals surface area contributed by atoms with Gasteiger partial charge < -0.3 is 20.1 Å². The number of aromatic nitrogens is 2. The van der Waals surface area contributed by atoms with E-state index in [9.17, 15) is 0 Å². The summed E-state index contributed by atoms with van der Waals surface area (Å²) in [5, 5.41) is 6.66. The van der Waals surface area contributed by atoms with Gasteiger partial charge in [0.15, 0.2) is 0 Å². The molecule has 140 valence electrons. The molecule has 27 heavy (non-hydrogen) atoms. The molecule has 1 aromatic heterocycles. The maximum atomic E-state index is 5.38. The molecule has 0 fully saturated rings. The predicted octanol–water partition coefficient (Wildman–Crippen LogP) is 4.20. The summed E-state index contributed by atoms with van der Waals surface area (Å²) in [6.07, 6.45) is 0.871. The standard InChI is InChI=1S/C21H24N4O2/c1-15-23-20(22-12-11-16-7-6-8-17(13-16)26-2)14-21(24-15)25-18-9-4-5-10-19(18)27-3/h4-10,13-14H,11-12H2,1-3H3,(H2,22,23,24,25). The van der Waals surface area contributed by atoms with E-state index in [2.05, 4.69) is 26.7 Å². The fourth-order valence-electron chi connectivity index (χ4n) is 2.77. The highest BCUT2D eigenvalue weighted by Crippen LogP contribution is 2.26. The summed E-state index contributed by atoms with van der Waals surface area (Å²) in [4.78, 5) is 8.92. The van der Waals surface area contributed by atoms with E-state index in [0.29, 0.717) is 5.82 Å². The van der Waals surface area contributed by atoms with Crippen molar-refractivity contribution in [2.45, 2.75) is 13.3 Å². The third-order valence-corrected chi connectivity index (χ3v) is 4.06. The molecule has 0 unspecified atom stereocenters. The number of rotatable bonds is 8. The maximum Gasteiger partial charge on any atom is 0.142 e. The number of nitrogens with one attached hydrogen (secondary N) is 2. The van der Waals surface area contributed by atoms with Crippen LogP contribution in [-0.2, 0) is 6.42 Å². The topological polar surface area (TPSA) is 68.3 Å². The Balaban J connectivity index is 1.66. The first-order valence-corrected chi connectivity index (χ1v) is 8.80. The second-order valence-electron chi connectivity index (χ2n) is 6.04. The third-order valence-electron chi connectivity index (χ3n) is 4.06. The van der Waals surface area contributed by atoms with Crippen molar-refractivity contribution in [2.24, 2.45) is 0 Å². The van der Waals surface area contributed by atoms with E-state index in [1.165, 1.54) is 5.56 Å². The minimum absolute atomic E-state index is 0.693. The van der Waals surface area contributed by atoms with Crippen molar-refractivity contribution >= 4 is 17.3 Å². The smallest absolute Gasteiger partial charge is 0.142 e. The summed E-state index contributed by atoms with van der Waals surface area (Å²) in [6.45, 7) is 2.64. The lowest BCUT2D eigenvalue weighted by molar-refractivity contribution is 0.414. The van der Waals surface area contributed by atoms with Gasteiger partial charge in [0, 0.05) is 12.6 Å². The van der Waals surface area contributed by atoms with Gasteiger partial charge in [-0.25, -0.2) is 9.97 Å². The number of nitrogens with zero attached hydrogens (tertiary/aromatic N) is 2. The molecule has 6 nitrogen and oxygen atoms in total. The van der Waals surface area contributed by atoms with Gasteiger partial charge in [0.1, 0.15) is 29.0 Å². The van der Waals surface area contributed by atoms with Gasteiger partial charge in [-0.3, -0.25) is 0 Å². The van der Waals surface area contributed by atoms with E-state index in [0.717, 1.165) is 41.8 Å². The van der Waals surface area contributed by atoms with Gasteiger partial charge in [0.05, 0.1) is 19.9 Å². The maximum absolute atomic E-state index is 5.38. The minimum Gasteiger partial charge on any atom is -0.497 e. The Morgan fingerprint density at radius 3 is 2.52 bits per heavy atom. The van der Waals surface area contributed by atoms with Crippen molar-refractivity contribution < 1.29 is 9.47 Å². The summed E-state index contributed by atoms with van der Waals surface area (Å²) in [5.41, 5.74) is 2.07. The van der Waals surface area contributed by atoms with E-state index in [-0.39, 0.29) is 0 Å². The number of hydrogen-bond donors (Lipinski definition) is 2. The van der Waals surface area contributed by atoms with Crippen LogP contribution in [0.5, 0.6) is 11.5 Å². The monoisotopic (exact) mass is 364 g/mol. The van der Waals surface area contributed by atoms with Crippen molar-refractivity contribution in [1.82, 2.24) is 9.97 Å². The Kier molecular flexibility index (Phi) is 6.10. The van der Waals surface area contributed by atoms with Gasteiger partial charge in [0.2, 0.25) is 0 Å². The highest BCUT2D eigenvalue weighted by Gasteiger charge is 2.06. The highest BCUT2D eigenvalue weighted by atomic mass is 16.5. The summed E-state index contributed by atoms with van der Waals surface area (Å²) in [5.74, 6) is 3.83. The van der Waals surface area contributed by atoms with E-state index >= 15 is 0 Å². The van der Waals surface area contributed by atoms with Crippen LogP contribution in [0.2, 0.25) is 0 Å². The molecule has 0 amide bonds. The largest absolute Gasteiger partial charge is 0.497 e. The normalized spacial score (nSPS) is 10.3. The molecule has 1 heterocycles. The Morgan fingerprint density at radius 2 is 1.70 bits per heavy atom. The minimum atomic E-state index is 0.693. The first-order valence-electron chi connectivity index (χ1n) is 8.80. The Labute approximate surface area is 159 Å². The predicted molar refractivity (Wildman–Crippen MR) is 108 cm³/mol. The molecule has 0 spiro atoms. The Bertz CT molecular complexity index is 899. The number of aryl methyl sites for hydroxylation is 1. The van der Waals surface area contributed by atoms with E-state index < -0.39 is 0 Å².